The minimum atomic E-state index is 0.238. The van der Waals surface area contributed by atoms with Gasteiger partial charge in [-0.2, -0.15) is 4.68 Å². The summed E-state index contributed by atoms with van der Waals surface area (Å²) in [5, 5.41) is 24.1. The van der Waals surface area contributed by atoms with Crippen LogP contribution in [-0.4, -0.2) is 38.5 Å². The molecule has 1 aliphatic carbocycles. The quantitative estimate of drug-likeness (QED) is 0.816. The Labute approximate surface area is 111 Å². The van der Waals surface area contributed by atoms with E-state index in [1.165, 1.54) is 0 Å². The van der Waals surface area contributed by atoms with Gasteiger partial charge in [-0.15, -0.1) is 0 Å². The highest BCUT2D eigenvalue weighted by molar-refractivity contribution is 5.38. The molecule has 0 saturated heterocycles. The molecule has 6 heteroatoms. The predicted molar refractivity (Wildman–Crippen MR) is 71.0 cm³/mol. The number of para-hydroxylation sites is 1. The van der Waals surface area contributed by atoms with Crippen LogP contribution in [0.3, 0.4) is 0 Å². The fourth-order valence-corrected chi connectivity index (χ4v) is 2.24. The van der Waals surface area contributed by atoms with Crippen molar-refractivity contribution in [3.05, 3.63) is 30.3 Å². The second-order valence-corrected chi connectivity index (χ2v) is 5.08. The maximum Gasteiger partial charge on any atom is 0.247 e. The van der Waals surface area contributed by atoms with Gasteiger partial charge in [-0.25, -0.2) is 0 Å². The monoisotopic (exact) mass is 259 g/mol. The van der Waals surface area contributed by atoms with Crippen LogP contribution in [0.1, 0.15) is 19.3 Å². The standard InChI is InChI=1S/C13H17N5O/c19-9-8-13(6-7-13)10-14-12-15-16-17-18(12)11-4-2-1-3-5-11/h1-5,19H,6-10H2,(H,14,15,17). The van der Waals surface area contributed by atoms with Crippen molar-refractivity contribution in [2.45, 2.75) is 19.3 Å². The van der Waals surface area contributed by atoms with E-state index in [1.54, 1.807) is 4.68 Å². The molecule has 1 saturated carbocycles. The molecular formula is C13H17N5O. The smallest absolute Gasteiger partial charge is 0.247 e. The lowest BCUT2D eigenvalue weighted by Gasteiger charge is -2.14. The van der Waals surface area contributed by atoms with Crippen molar-refractivity contribution < 1.29 is 5.11 Å². The van der Waals surface area contributed by atoms with Crippen LogP contribution in [0.5, 0.6) is 0 Å². The Hall–Kier alpha value is -1.95. The first-order chi connectivity index (χ1) is 9.33. The van der Waals surface area contributed by atoms with Crippen LogP contribution >= 0.6 is 0 Å². The first-order valence-electron chi connectivity index (χ1n) is 6.52. The molecule has 0 bridgehead atoms. The predicted octanol–water partition coefficient (Wildman–Crippen LogP) is 1.24. The summed E-state index contributed by atoms with van der Waals surface area (Å²) < 4.78 is 1.69. The second-order valence-electron chi connectivity index (χ2n) is 5.08. The highest BCUT2D eigenvalue weighted by atomic mass is 16.3. The summed E-state index contributed by atoms with van der Waals surface area (Å²) in [5.74, 6) is 0.649. The van der Waals surface area contributed by atoms with E-state index in [9.17, 15) is 0 Å². The molecule has 1 fully saturated rings. The van der Waals surface area contributed by atoms with E-state index < -0.39 is 0 Å². The van der Waals surface area contributed by atoms with Crippen molar-refractivity contribution in [2.75, 3.05) is 18.5 Å². The minimum Gasteiger partial charge on any atom is -0.396 e. The molecule has 19 heavy (non-hydrogen) atoms. The van der Waals surface area contributed by atoms with E-state index in [2.05, 4.69) is 20.8 Å². The van der Waals surface area contributed by atoms with E-state index >= 15 is 0 Å². The average molecular weight is 259 g/mol. The Morgan fingerprint density at radius 1 is 1.26 bits per heavy atom. The number of rotatable bonds is 6. The lowest BCUT2D eigenvalue weighted by atomic mass is 10.0. The number of aliphatic hydroxyl groups is 1. The summed E-state index contributed by atoms with van der Waals surface area (Å²) in [4.78, 5) is 0. The van der Waals surface area contributed by atoms with Gasteiger partial charge in [0.25, 0.3) is 0 Å². The molecule has 0 atom stereocenters. The Balaban J connectivity index is 1.71. The number of aliphatic hydroxyl groups excluding tert-OH is 1. The SMILES string of the molecule is OCCC1(CNc2nnnn2-c2ccccc2)CC1. The van der Waals surface area contributed by atoms with Gasteiger partial charge < -0.3 is 10.4 Å². The van der Waals surface area contributed by atoms with Crippen LogP contribution in [0.15, 0.2) is 30.3 Å². The highest BCUT2D eigenvalue weighted by Crippen LogP contribution is 2.48. The third-order valence-corrected chi connectivity index (χ3v) is 3.69. The molecule has 100 valence electrons. The van der Waals surface area contributed by atoms with E-state index in [0.29, 0.717) is 5.95 Å². The van der Waals surface area contributed by atoms with Gasteiger partial charge in [0.1, 0.15) is 0 Å². The van der Waals surface area contributed by atoms with E-state index in [-0.39, 0.29) is 12.0 Å². The van der Waals surface area contributed by atoms with E-state index in [4.69, 9.17) is 5.11 Å². The zero-order chi connectivity index (χ0) is 13.1. The van der Waals surface area contributed by atoms with Gasteiger partial charge >= 0.3 is 0 Å². The fourth-order valence-electron chi connectivity index (χ4n) is 2.24. The zero-order valence-corrected chi connectivity index (χ0v) is 10.7. The van der Waals surface area contributed by atoms with Gasteiger partial charge in [0.15, 0.2) is 0 Å². The van der Waals surface area contributed by atoms with Gasteiger partial charge in [0, 0.05) is 13.2 Å². The zero-order valence-electron chi connectivity index (χ0n) is 10.7. The summed E-state index contributed by atoms with van der Waals surface area (Å²) in [6.07, 6.45) is 3.16. The van der Waals surface area contributed by atoms with Crippen LogP contribution in [0, 0.1) is 5.41 Å². The molecule has 1 aromatic carbocycles. The Bertz CT molecular complexity index is 535. The summed E-state index contributed by atoms with van der Waals surface area (Å²) in [7, 11) is 0. The van der Waals surface area contributed by atoms with E-state index in [0.717, 1.165) is 31.5 Å². The van der Waals surface area contributed by atoms with Crippen LogP contribution in [0.2, 0.25) is 0 Å². The first-order valence-corrected chi connectivity index (χ1v) is 6.52. The third kappa shape index (κ3) is 2.58. The number of anilines is 1. The van der Waals surface area contributed by atoms with Crippen LogP contribution in [-0.2, 0) is 0 Å². The Kier molecular flexibility index (Phi) is 3.16. The lowest BCUT2D eigenvalue weighted by Crippen LogP contribution is -2.19. The minimum absolute atomic E-state index is 0.238. The molecule has 0 radical (unpaired) electrons. The van der Waals surface area contributed by atoms with Crippen molar-refractivity contribution >= 4 is 5.95 Å². The summed E-state index contributed by atoms with van der Waals surface area (Å²) in [6.45, 7) is 1.05. The lowest BCUT2D eigenvalue weighted by molar-refractivity contribution is 0.253. The molecule has 1 aliphatic rings. The van der Waals surface area contributed by atoms with Crippen molar-refractivity contribution in [2.24, 2.45) is 5.41 Å². The molecule has 1 heterocycles. The van der Waals surface area contributed by atoms with Crippen LogP contribution in [0.4, 0.5) is 5.95 Å². The number of hydrogen-bond donors (Lipinski definition) is 2. The second kappa shape index (κ2) is 4.97. The van der Waals surface area contributed by atoms with Crippen molar-refractivity contribution in [3.63, 3.8) is 0 Å². The van der Waals surface area contributed by atoms with E-state index in [1.807, 2.05) is 30.3 Å². The largest absolute Gasteiger partial charge is 0.396 e. The fraction of sp³-hybridized carbons (Fsp3) is 0.462. The van der Waals surface area contributed by atoms with Crippen LogP contribution < -0.4 is 5.32 Å². The van der Waals surface area contributed by atoms with Crippen molar-refractivity contribution in [1.82, 2.24) is 20.2 Å². The number of benzene rings is 1. The number of nitrogens with zero attached hydrogens (tertiary/aromatic N) is 4. The maximum atomic E-state index is 9.06. The molecule has 0 amide bonds. The summed E-state index contributed by atoms with van der Waals surface area (Å²) >= 11 is 0. The molecule has 0 unspecified atom stereocenters. The summed E-state index contributed by atoms with van der Waals surface area (Å²) in [6, 6.07) is 9.79. The molecule has 2 aromatic rings. The van der Waals surface area contributed by atoms with Crippen molar-refractivity contribution in [3.8, 4) is 5.69 Å². The maximum absolute atomic E-state index is 9.06. The topological polar surface area (TPSA) is 75.9 Å². The normalized spacial score (nSPS) is 16.3. The van der Waals surface area contributed by atoms with Gasteiger partial charge in [-0.05, 0) is 47.2 Å². The molecule has 1 aromatic heterocycles. The van der Waals surface area contributed by atoms with Crippen molar-refractivity contribution in [1.29, 1.82) is 0 Å². The number of nitrogens with one attached hydrogen (secondary N) is 1. The molecular weight excluding hydrogens is 242 g/mol. The summed E-state index contributed by atoms with van der Waals surface area (Å²) in [5.41, 5.74) is 1.17. The number of aromatic nitrogens is 4. The first kappa shape index (κ1) is 12.1. The molecule has 2 N–H and O–H groups in total. The average Bonchev–Trinajstić information content (AvgIpc) is 3.05. The Morgan fingerprint density at radius 2 is 2.05 bits per heavy atom. The Morgan fingerprint density at radius 3 is 2.74 bits per heavy atom. The highest BCUT2D eigenvalue weighted by Gasteiger charge is 2.41. The molecule has 0 aliphatic heterocycles. The molecule has 0 spiro atoms. The molecule has 3 rings (SSSR count). The molecule has 6 nitrogen and oxygen atoms in total. The van der Waals surface area contributed by atoms with Gasteiger partial charge in [-0.3, -0.25) is 0 Å². The third-order valence-electron chi connectivity index (χ3n) is 3.69. The van der Waals surface area contributed by atoms with Gasteiger partial charge in [-0.1, -0.05) is 23.3 Å². The number of hydrogen-bond acceptors (Lipinski definition) is 5. The number of tetrazole rings is 1. The van der Waals surface area contributed by atoms with Gasteiger partial charge in [0.2, 0.25) is 5.95 Å². The van der Waals surface area contributed by atoms with Gasteiger partial charge in [0.05, 0.1) is 5.69 Å². The van der Waals surface area contributed by atoms with Crippen LogP contribution in [0.25, 0.3) is 5.69 Å².